The maximum absolute atomic E-state index is 12.7. The van der Waals surface area contributed by atoms with Crippen LogP contribution in [0.1, 0.15) is 27.0 Å². The molecule has 0 aromatic heterocycles. The van der Waals surface area contributed by atoms with Gasteiger partial charge in [0.15, 0.2) is 0 Å². The Labute approximate surface area is 194 Å². The van der Waals surface area contributed by atoms with Gasteiger partial charge in [0.05, 0.1) is 17.1 Å². The fourth-order valence-electron chi connectivity index (χ4n) is 3.37. The maximum Gasteiger partial charge on any atom is 0.261 e. The Morgan fingerprint density at radius 1 is 0.818 bits per heavy atom. The fraction of sp³-hybridized carbons (Fsp3) is 0.200. The van der Waals surface area contributed by atoms with E-state index >= 15 is 0 Å². The van der Waals surface area contributed by atoms with Crippen molar-refractivity contribution in [2.24, 2.45) is 0 Å². The van der Waals surface area contributed by atoms with E-state index in [-0.39, 0.29) is 28.8 Å². The van der Waals surface area contributed by atoms with E-state index in [1.807, 2.05) is 51.1 Å². The highest BCUT2D eigenvalue weighted by atomic mass is 32.2. The van der Waals surface area contributed by atoms with Crippen LogP contribution < -0.4 is 10.0 Å². The number of amides is 2. The van der Waals surface area contributed by atoms with Gasteiger partial charge in [0, 0.05) is 18.3 Å². The first-order valence-corrected chi connectivity index (χ1v) is 11.9. The first-order valence-electron chi connectivity index (χ1n) is 10.4. The lowest BCUT2D eigenvalue weighted by Gasteiger charge is -2.18. The van der Waals surface area contributed by atoms with Gasteiger partial charge in [-0.05, 0) is 67.8 Å². The van der Waals surface area contributed by atoms with Crippen molar-refractivity contribution in [1.82, 2.24) is 4.90 Å². The highest BCUT2D eigenvalue weighted by Gasteiger charge is 2.19. The molecule has 0 aliphatic carbocycles. The summed E-state index contributed by atoms with van der Waals surface area (Å²) < 4.78 is 27.9. The summed E-state index contributed by atoms with van der Waals surface area (Å²) in [5.74, 6) is -0.702. The number of anilines is 2. The Morgan fingerprint density at radius 2 is 1.39 bits per heavy atom. The number of carbonyl (C=O) groups excluding carboxylic acids is 2. The first kappa shape index (κ1) is 24.0. The minimum atomic E-state index is -3.80. The van der Waals surface area contributed by atoms with Crippen LogP contribution in [-0.2, 0) is 14.8 Å². The van der Waals surface area contributed by atoms with Crippen LogP contribution in [-0.4, -0.2) is 38.7 Å². The van der Waals surface area contributed by atoms with Crippen molar-refractivity contribution in [3.8, 4) is 0 Å². The predicted octanol–water partition coefficient (Wildman–Crippen LogP) is 4.12. The molecule has 2 N–H and O–H groups in total. The smallest absolute Gasteiger partial charge is 0.261 e. The molecule has 0 saturated heterocycles. The van der Waals surface area contributed by atoms with Crippen molar-refractivity contribution >= 4 is 33.2 Å². The second-order valence-corrected chi connectivity index (χ2v) is 9.60. The van der Waals surface area contributed by atoms with Gasteiger partial charge in [-0.25, -0.2) is 8.42 Å². The van der Waals surface area contributed by atoms with E-state index in [0.717, 1.165) is 22.4 Å². The summed E-state index contributed by atoms with van der Waals surface area (Å²) in [7, 11) is -2.27. The molecule has 7 nitrogen and oxygen atoms in total. The van der Waals surface area contributed by atoms with Gasteiger partial charge in [-0.2, -0.15) is 0 Å². The SMILES string of the molecule is Cc1ccccc1NS(=O)(=O)c1ccc(C(=O)N(C)CC(=O)Nc2c(C)cccc2C)cc1. The summed E-state index contributed by atoms with van der Waals surface area (Å²) in [6, 6.07) is 18.4. The number of nitrogens with zero attached hydrogens (tertiary/aromatic N) is 1. The second-order valence-electron chi connectivity index (χ2n) is 7.92. The Hall–Kier alpha value is -3.65. The molecule has 3 rings (SSSR count). The Kier molecular flexibility index (Phi) is 7.18. The number of aryl methyl sites for hydroxylation is 3. The number of likely N-dealkylation sites (N-methyl/N-ethyl adjacent to an activating group) is 1. The largest absolute Gasteiger partial charge is 0.332 e. The molecule has 0 atom stereocenters. The molecule has 3 aromatic carbocycles. The highest BCUT2D eigenvalue weighted by Crippen LogP contribution is 2.21. The molecule has 0 radical (unpaired) electrons. The molecule has 8 heteroatoms. The zero-order valence-electron chi connectivity index (χ0n) is 19.0. The summed E-state index contributed by atoms with van der Waals surface area (Å²) in [4.78, 5) is 26.5. The lowest BCUT2D eigenvalue weighted by Crippen LogP contribution is -2.35. The number of rotatable bonds is 7. The van der Waals surface area contributed by atoms with Gasteiger partial charge in [0.2, 0.25) is 5.91 Å². The van der Waals surface area contributed by atoms with Crippen LogP contribution in [0.4, 0.5) is 11.4 Å². The van der Waals surface area contributed by atoms with Crippen molar-refractivity contribution in [3.05, 3.63) is 89.0 Å². The average molecular weight is 466 g/mol. The predicted molar refractivity (Wildman–Crippen MR) is 130 cm³/mol. The standard InChI is InChI=1S/C25H27N3O4S/c1-17-8-5-6-11-22(17)27-33(31,32)21-14-12-20(13-15-21)25(30)28(4)16-23(29)26-24-18(2)9-7-10-19(24)3/h5-15,27H,16H2,1-4H3,(H,26,29). The van der Waals surface area contributed by atoms with E-state index < -0.39 is 10.0 Å². The zero-order valence-corrected chi connectivity index (χ0v) is 19.9. The van der Waals surface area contributed by atoms with Crippen LogP contribution in [0, 0.1) is 20.8 Å². The fourth-order valence-corrected chi connectivity index (χ4v) is 4.50. The number of sulfonamides is 1. The highest BCUT2D eigenvalue weighted by molar-refractivity contribution is 7.92. The molecule has 0 aliphatic heterocycles. The molecule has 0 fully saturated rings. The number of carbonyl (C=O) groups is 2. The van der Waals surface area contributed by atoms with Gasteiger partial charge < -0.3 is 10.2 Å². The van der Waals surface area contributed by atoms with Crippen molar-refractivity contribution < 1.29 is 18.0 Å². The molecule has 0 spiro atoms. The molecule has 3 aromatic rings. The molecule has 172 valence electrons. The second kappa shape index (κ2) is 9.87. The van der Waals surface area contributed by atoms with Gasteiger partial charge >= 0.3 is 0 Å². The van der Waals surface area contributed by atoms with E-state index in [9.17, 15) is 18.0 Å². The first-order chi connectivity index (χ1) is 15.6. The molecule has 2 amide bonds. The summed E-state index contributed by atoms with van der Waals surface area (Å²) in [5.41, 5.74) is 4.19. The van der Waals surface area contributed by atoms with E-state index in [4.69, 9.17) is 0 Å². The van der Waals surface area contributed by atoms with Gasteiger partial charge in [0.1, 0.15) is 0 Å². The van der Waals surface area contributed by atoms with Crippen molar-refractivity contribution in [3.63, 3.8) is 0 Å². The Morgan fingerprint density at radius 3 is 2.00 bits per heavy atom. The van der Waals surface area contributed by atoms with Crippen molar-refractivity contribution in [2.75, 3.05) is 23.6 Å². The van der Waals surface area contributed by atoms with Gasteiger partial charge in [0.25, 0.3) is 15.9 Å². The normalized spacial score (nSPS) is 11.0. The van der Waals surface area contributed by atoms with Gasteiger partial charge in [-0.3, -0.25) is 14.3 Å². The lowest BCUT2D eigenvalue weighted by atomic mass is 10.1. The molecular weight excluding hydrogens is 438 g/mol. The average Bonchev–Trinajstić information content (AvgIpc) is 2.77. The number of benzene rings is 3. The van der Waals surface area contributed by atoms with E-state index in [1.165, 1.54) is 36.2 Å². The summed E-state index contributed by atoms with van der Waals surface area (Å²) in [6.45, 7) is 5.48. The van der Waals surface area contributed by atoms with Crippen LogP contribution in [0.5, 0.6) is 0 Å². The molecule has 0 bridgehead atoms. The molecule has 33 heavy (non-hydrogen) atoms. The van der Waals surface area contributed by atoms with Crippen LogP contribution in [0.2, 0.25) is 0 Å². The molecule has 0 aliphatic rings. The van der Waals surface area contributed by atoms with Gasteiger partial charge in [-0.15, -0.1) is 0 Å². The number of para-hydroxylation sites is 2. The summed E-state index contributed by atoms with van der Waals surface area (Å²) in [5, 5.41) is 2.85. The minimum absolute atomic E-state index is 0.0396. The number of hydrogen-bond acceptors (Lipinski definition) is 4. The zero-order chi connectivity index (χ0) is 24.2. The maximum atomic E-state index is 12.7. The van der Waals surface area contributed by atoms with E-state index in [1.54, 1.807) is 12.1 Å². The minimum Gasteiger partial charge on any atom is -0.332 e. The third-order valence-electron chi connectivity index (χ3n) is 5.27. The van der Waals surface area contributed by atoms with E-state index in [2.05, 4.69) is 10.0 Å². The third-order valence-corrected chi connectivity index (χ3v) is 6.66. The summed E-state index contributed by atoms with van der Waals surface area (Å²) in [6.07, 6.45) is 0. The summed E-state index contributed by atoms with van der Waals surface area (Å²) >= 11 is 0. The van der Waals surface area contributed by atoms with Gasteiger partial charge in [-0.1, -0.05) is 36.4 Å². The van der Waals surface area contributed by atoms with Crippen molar-refractivity contribution in [2.45, 2.75) is 25.7 Å². The molecule has 0 saturated carbocycles. The third kappa shape index (κ3) is 5.78. The monoisotopic (exact) mass is 465 g/mol. The molecule has 0 heterocycles. The molecule has 0 unspecified atom stereocenters. The number of nitrogens with one attached hydrogen (secondary N) is 2. The topological polar surface area (TPSA) is 95.6 Å². The van der Waals surface area contributed by atoms with E-state index in [0.29, 0.717) is 5.69 Å². The lowest BCUT2D eigenvalue weighted by molar-refractivity contribution is -0.116. The quantitative estimate of drug-likeness (QED) is 0.549. The Bertz CT molecular complexity index is 1270. The Balaban J connectivity index is 1.67. The van der Waals surface area contributed by atoms with Crippen LogP contribution in [0.25, 0.3) is 0 Å². The van der Waals surface area contributed by atoms with Crippen LogP contribution >= 0.6 is 0 Å². The van der Waals surface area contributed by atoms with Crippen LogP contribution in [0.15, 0.2) is 71.6 Å². The van der Waals surface area contributed by atoms with Crippen LogP contribution in [0.3, 0.4) is 0 Å². The van der Waals surface area contributed by atoms with Crippen molar-refractivity contribution in [1.29, 1.82) is 0 Å². The molecular formula is C25H27N3O4S. The number of hydrogen-bond donors (Lipinski definition) is 2.